The zero-order valence-electron chi connectivity index (χ0n) is 15.3. The maximum atomic E-state index is 12.3. The Balaban J connectivity index is 2.29. The summed E-state index contributed by atoms with van der Waals surface area (Å²) in [5, 5.41) is 12.3. The molecule has 0 radical (unpaired) electrons. The van der Waals surface area contributed by atoms with Gasteiger partial charge < -0.3 is 14.6 Å². The van der Waals surface area contributed by atoms with Gasteiger partial charge in [0.2, 0.25) is 0 Å². The first-order valence-corrected chi connectivity index (χ1v) is 9.42. The minimum atomic E-state index is -0.564. The van der Waals surface area contributed by atoms with Gasteiger partial charge in [-0.2, -0.15) is 0 Å². The molecule has 1 atom stereocenters. The summed E-state index contributed by atoms with van der Waals surface area (Å²) in [7, 11) is 0. The molecule has 0 unspecified atom stereocenters. The van der Waals surface area contributed by atoms with Gasteiger partial charge >= 0.3 is 6.09 Å². The number of hydrogen-bond acceptors (Lipinski definition) is 6. The maximum absolute atomic E-state index is 12.3. The predicted octanol–water partition coefficient (Wildman–Crippen LogP) is 3.22. The summed E-state index contributed by atoms with van der Waals surface area (Å²) in [6.07, 6.45) is 5.54. The SMILES string of the molecule is CCn1c(SC)nnc1[C@@H](Cc1cccnc1)NC(=O)OC(C)(C)C. The largest absolute Gasteiger partial charge is 0.444 e. The molecule has 2 rings (SSSR count). The number of nitrogens with zero attached hydrogens (tertiary/aromatic N) is 4. The summed E-state index contributed by atoms with van der Waals surface area (Å²) in [5.41, 5.74) is 0.436. The van der Waals surface area contributed by atoms with Crippen molar-refractivity contribution in [2.75, 3.05) is 6.26 Å². The number of aromatic nitrogens is 4. The maximum Gasteiger partial charge on any atom is 0.408 e. The number of pyridine rings is 1. The first kappa shape index (κ1) is 19.2. The molecular formula is C17H25N5O2S. The van der Waals surface area contributed by atoms with Crippen molar-refractivity contribution in [1.29, 1.82) is 0 Å². The quantitative estimate of drug-likeness (QED) is 0.794. The number of ether oxygens (including phenoxy) is 1. The second-order valence-corrected chi connectivity index (χ2v) is 7.33. The van der Waals surface area contributed by atoms with E-state index in [0.717, 1.165) is 17.3 Å². The monoisotopic (exact) mass is 363 g/mol. The predicted molar refractivity (Wildman–Crippen MR) is 97.5 cm³/mol. The van der Waals surface area contributed by atoms with E-state index in [9.17, 15) is 4.79 Å². The second kappa shape index (κ2) is 8.33. The molecule has 8 heteroatoms. The smallest absolute Gasteiger partial charge is 0.408 e. The molecule has 0 aromatic carbocycles. The Morgan fingerprint density at radius 1 is 1.40 bits per heavy atom. The van der Waals surface area contributed by atoms with Gasteiger partial charge in [0.05, 0.1) is 6.04 Å². The van der Waals surface area contributed by atoms with Crippen LogP contribution < -0.4 is 5.32 Å². The van der Waals surface area contributed by atoms with Crippen LogP contribution in [0.4, 0.5) is 4.79 Å². The molecule has 0 aliphatic rings. The normalized spacial score (nSPS) is 12.7. The first-order valence-electron chi connectivity index (χ1n) is 8.19. The molecule has 0 aliphatic heterocycles. The van der Waals surface area contributed by atoms with Crippen molar-refractivity contribution in [3.8, 4) is 0 Å². The van der Waals surface area contributed by atoms with Crippen LogP contribution in [0.15, 0.2) is 29.7 Å². The van der Waals surface area contributed by atoms with Crippen LogP contribution in [0.25, 0.3) is 0 Å². The van der Waals surface area contributed by atoms with Crippen LogP contribution in [0.5, 0.6) is 0 Å². The fourth-order valence-electron chi connectivity index (χ4n) is 2.42. The van der Waals surface area contributed by atoms with E-state index in [0.29, 0.717) is 12.2 Å². The molecule has 136 valence electrons. The molecule has 2 heterocycles. The highest BCUT2D eigenvalue weighted by Gasteiger charge is 2.25. The number of nitrogens with one attached hydrogen (secondary N) is 1. The third kappa shape index (κ3) is 5.45. The van der Waals surface area contributed by atoms with Crippen molar-refractivity contribution in [3.63, 3.8) is 0 Å². The van der Waals surface area contributed by atoms with Gasteiger partial charge in [0.15, 0.2) is 11.0 Å². The topological polar surface area (TPSA) is 81.9 Å². The van der Waals surface area contributed by atoms with Crippen molar-refractivity contribution >= 4 is 17.9 Å². The fraction of sp³-hybridized carbons (Fsp3) is 0.529. The Labute approximate surface area is 152 Å². The molecule has 25 heavy (non-hydrogen) atoms. The molecule has 0 bridgehead atoms. The Morgan fingerprint density at radius 3 is 2.72 bits per heavy atom. The number of thioether (sulfide) groups is 1. The summed E-state index contributed by atoms with van der Waals surface area (Å²) in [6.45, 7) is 8.26. The third-order valence-corrected chi connectivity index (χ3v) is 4.08. The summed E-state index contributed by atoms with van der Waals surface area (Å²) >= 11 is 1.53. The molecule has 2 aromatic rings. The molecule has 0 spiro atoms. The lowest BCUT2D eigenvalue weighted by Crippen LogP contribution is -2.37. The zero-order chi connectivity index (χ0) is 18.4. The van der Waals surface area contributed by atoms with Crippen LogP contribution in [0.1, 0.15) is 45.1 Å². The summed E-state index contributed by atoms with van der Waals surface area (Å²) in [5.74, 6) is 0.710. The van der Waals surface area contributed by atoms with Gasteiger partial charge in [-0.3, -0.25) is 4.98 Å². The highest BCUT2D eigenvalue weighted by atomic mass is 32.2. The minimum absolute atomic E-state index is 0.354. The van der Waals surface area contributed by atoms with Crippen molar-refractivity contribution in [2.24, 2.45) is 0 Å². The molecule has 1 amide bonds. The van der Waals surface area contributed by atoms with Crippen molar-refractivity contribution < 1.29 is 9.53 Å². The van der Waals surface area contributed by atoms with E-state index < -0.39 is 11.7 Å². The van der Waals surface area contributed by atoms with Gasteiger partial charge in [0.1, 0.15) is 5.60 Å². The number of amides is 1. The van der Waals surface area contributed by atoms with E-state index in [4.69, 9.17) is 4.74 Å². The average molecular weight is 363 g/mol. The molecular weight excluding hydrogens is 338 g/mol. The third-order valence-electron chi connectivity index (χ3n) is 3.41. The number of rotatable bonds is 6. The molecule has 1 N–H and O–H groups in total. The Hall–Kier alpha value is -2.09. The van der Waals surface area contributed by atoms with E-state index >= 15 is 0 Å². The molecule has 0 saturated carbocycles. The van der Waals surface area contributed by atoms with Crippen LogP contribution in [0, 0.1) is 0 Å². The van der Waals surface area contributed by atoms with Gasteiger partial charge in [0, 0.05) is 25.4 Å². The lowest BCUT2D eigenvalue weighted by Gasteiger charge is -2.23. The standard InChI is InChI=1S/C17H25N5O2S/c1-6-22-14(20-21-15(22)25-5)13(10-12-8-7-9-18-11-12)19-16(23)24-17(2,3)4/h7-9,11,13H,6,10H2,1-5H3,(H,19,23)/t13-/m1/s1. The summed E-state index contributed by atoms with van der Waals surface area (Å²) in [6, 6.07) is 3.49. The zero-order valence-corrected chi connectivity index (χ0v) is 16.1. The lowest BCUT2D eigenvalue weighted by atomic mass is 10.1. The Morgan fingerprint density at radius 2 is 2.16 bits per heavy atom. The molecule has 2 aromatic heterocycles. The minimum Gasteiger partial charge on any atom is -0.444 e. The second-order valence-electron chi connectivity index (χ2n) is 6.55. The van der Waals surface area contributed by atoms with Crippen molar-refractivity contribution in [2.45, 2.75) is 57.5 Å². The highest BCUT2D eigenvalue weighted by molar-refractivity contribution is 7.98. The van der Waals surface area contributed by atoms with Gasteiger partial charge in [-0.25, -0.2) is 4.79 Å². The number of carbonyl (C=O) groups is 1. The molecule has 0 fully saturated rings. The summed E-state index contributed by atoms with van der Waals surface area (Å²) in [4.78, 5) is 16.4. The first-order chi connectivity index (χ1) is 11.8. The van der Waals surface area contributed by atoms with E-state index in [2.05, 4.69) is 20.5 Å². The average Bonchev–Trinajstić information content (AvgIpc) is 2.96. The van der Waals surface area contributed by atoms with Crippen LogP contribution >= 0.6 is 11.8 Å². The Bertz CT molecular complexity index is 697. The highest BCUT2D eigenvalue weighted by Crippen LogP contribution is 2.22. The number of carbonyl (C=O) groups excluding carboxylic acids is 1. The van der Waals surface area contributed by atoms with Gasteiger partial charge in [-0.05, 0) is 45.6 Å². The van der Waals surface area contributed by atoms with Crippen molar-refractivity contribution in [3.05, 3.63) is 35.9 Å². The van der Waals surface area contributed by atoms with Crippen molar-refractivity contribution in [1.82, 2.24) is 25.1 Å². The van der Waals surface area contributed by atoms with Crippen LogP contribution in [0.3, 0.4) is 0 Å². The van der Waals surface area contributed by atoms with E-state index in [1.54, 1.807) is 12.4 Å². The number of alkyl carbamates (subject to hydrolysis) is 1. The van der Waals surface area contributed by atoms with Gasteiger partial charge in [-0.1, -0.05) is 17.8 Å². The van der Waals surface area contributed by atoms with E-state index in [-0.39, 0.29) is 6.04 Å². The van der Waals surface area contributed by atoms with Crippen LogP contribution in [0.2, 0.25) is 0 Å². The van der Waals surface area contributed by atoms with Gasteiger partial charge in [-0.15, -0.1) is 10.2 Å². The molecule has 0 saturated heterocycles. The van der Waals surface area contributed by atoms with Crippen LogP contribution in [-0.4, -0.2) is 37.7 Å². The van der Waals surface area contributed by atoms with Crippen LogP contribution in [-0.2, 0) is 17.7 Å². The van der Waals surface area contributed by atoms with E-state index in [1.165, 1.54) is 11.8 Å². The van der Waals surface area contributed by atoms with Gasteiger partial charge in [0.25, 0.3) is 0 Å². The van der Waals surface area contributed by atoms with E-state index in [1.807, 2.05) is 50.7 Å². The number of hydrogen-bond donors (Lipinski definition) is 1. The summed E-state index contributed by atoms with van der Waals surface area (Å²) < 4.78 is 7.41. The molecule has 0 aliphatic carbocycles. The fourth-order valence-corrected chi connectivity index (χ4v) is 2.98. The lowest BCUT2D eigenvalue weighted by molar-refractivity contribution is 0.0500. The Kier molecular flexibility index (Phi) is 6.41. The molecule has 7 nitrogen and oxygen atoms in total.